The summed E-state index contributed by atoms with van der Waals surface area (Å²) in [6.07, 6.45) is 0.581. The number of carbonyl (C=O) groups excluding carboxylic acids is 1. The average molecular weight is 201 g/mol. The molecular weight excluding hydrogens is 191 g/mol. The summed E-state index contributed by atoms with van der Waals surface area (Å²) in [5.41, 5.74) is 0.461. The van der Waals surface area contributed by atoms with Gasteiger partial charge in [0, 0.05) is 5.56 Å². The van der Waals surface area contributed by atoms with Crippen LogP contribution in [0, 0.1) is 5.82 Å². The number of hydrogen-bond donors (Lipinski definition) is 0. The van der Waals surface area contributed by atoms with Crippen molar-refractivity contribution in [3.63, 3.8) is 0 Å². The Bertz CT molecular complexity index is 294. The molecule has 0 aliphatic carbocycles. The first-order valence-electron chi connectivity index (χ1n) is 4.09. The molecule has 0 aliphatic rings. The third-order valence-electron chi connectivity index (χ3n) is 1.77. The minimum absolute atomic E-state index is 0.149. The summed E-state index contributed by atoms with van der Waals surface area (Å²) in [5.74, 6) is -0.497. The van der Waals surface area contributed by atoms with E-state index in [1.165, 1.54) is 24.3 Å². The zero-order valence-electron chi connectivity index (χ0n) is 7.26. The van der Waals surface area contributed by atoms with Crippen LogP contribution in [-0.2, 0) is 0 Å². The van der Waals surface area contributed by atoms with E-state index in [1.807, 2.05) is 6.92 Å². The Kier molecular flexibility index (Phi) is 3.43. The second-order valence-corrected chi connectivity index (χ2v) is 3.27. The van der Waals surface area contributed by atoms with Crippen molar-refractivity contribution in [3.05, 3.63) is 35.6 Å². The fraction of sp³-hybridized carbons (Fsp3) is 0.300. The summed E-state index contributed by atoms with van der Waals surface area (Å²) in [4.78, 5) is 11.4. The Morgan fingerprint density at radius 3 is 2.46 bits per heavy atom. The van der Waals surface area contributed by atoms with Crippen molar-refractivity contribution < 1.29 is 9.18 Å². The van der Waals surface area contributed by atoms with Crippen molar-refractivity contribution in [2.45, 2.75) is 18.7 Å². The Hall–Kier alpha value is -0.890. The van der Waals surface area contributed by atoms with Gasteiger partial charge in [0.2, 0.25) is 0 Å². The molecule has 1 unspecified atom stereocenters. The van der Waals surface area contributed by atoms with Crippen LogP contribution >= 0.6 is 11.6 Å². The van der Waals surface area contributed by atoms with Crippen LogP contribution in [0.1, 0.15) is 23.7 Å². The average Bonchev–Trinajstić information content (AvgIpc) is 2.17. The van der Waals surface area contributed by atoms with Gasteiger partial charge in [0.25, 0.3) is 0 Å². The molecule has 0 aromatic heterocycles. The molecule has 13 heavy (non-hydrogen) atoms. The molecule has 1 rings (SSSR count). The third-order valence-corrected chi connectivity index (χ3v) is 2.28. The summed E-state index contributed by atoms with van der Waals surface area (Å²) < 4.78 is 12.5. The normalized spacial score (nSPS) is 12.5. The van der Waals surface area contributed by atoms with E-state index in [9.17, 15) is 9.18 Å². The van der Waals surface area contributed by atoms with Gasteiger partial charge in [0.05, 0.1) is 5.38 Å². The Morgan fingerprint density at radius 2 is 2.00 bits per heavy atom. The second kappa shape index (κ2) is 4.38. The van der Waals surface area contributed by atoms with Crippen LogP contribution < -0.4 is 0 Å². The van der Waals surface area contributed by atoms with Crippen molar-refractivity contribution in [3.8, 4) is 0 Å². The van der Waals surface area contributed by atoms with Gasteiger partial charge in [-0.15, -0.1) is 11.6 Å². The van der Waals surface area contributed by atoms with Crippen molar-refractivity contribution in [1.82, 2.24) is 0 Å². The molecule has 3 heteroatoms. The number of hydrogen-bond acceptors (Lipinski definition) is 1. The van der Waals surface area contributed by atoms with Crippen molar-refractivity contribution in [2.24, 2.45) is 0 Å². The van der Waals surface area contributed by atoms with Gasteiger partial charge in [-0.2, -0.15) is 0 Å². The van der Waals surface area contributed by atoms with Gasteiger partial charge < -0.3 is 0 Å². The molecule has 0 amide bonds. The highest BCUT2D eigenvalue weighted by molar-refractivity contribution is 6.33. The molecular formula is C10H10ClFO. The molecule has 0 saturated heterocycles. The molecule has 70 valence electrons. The van der Waals surface area contributed by atoms with Gasteiger partial charge >= 0.3 is 0 Å². The predicted molar refractivity (Wildman–Crippen MR) is 50.7 cm³/mol. The van der Waals surface area contributed by atoms with E-state index < -0.39 is 5.38 Å². The van der Waals surface area contributed by atoms with Gasteiger partial charge in [-0.1, -0.05) is 6.92 Å². The standard InChI is InChI=1S/C10H10ClFO/c1-2-9(11)10(13)7-3-5-8(12)6-4-7/h3-6,9H,2H2,1H3. The number of rotatable bonds is 3. The number of benzene rings is 1. The Morgan fingerprint density at radius 1 is 1.46 bits per heavy atom. The highest BCUT2D eigenvalue weighted by Gasteiger charge is 2.14. The van der Waals surface area contributed by atoms with Crippen LogP contribution in [0.3, 0.4) is 0 Å². The highest BCUT2D eigenvalue weighted by atomic mass is 35.5. The molecule has 0 aliphatic heterocycles. The monoisotopic (exact) mass is 200 g/mol. The number of alkyl halides is 1. The SMILES string of the molecule is CCC(Cl)C(=O)c1ccc(F)cc1. The molecule has 0 heterocycles. The maximum Gasteiger partial charge on any atom is 0.180 e. The van der Waals surface area contributed by atoms with Crippen molar-refractivity contribution >= 4 is 17.4 Å². The van der Waals surface area contributed by atoms with Gasteiger partial charge in [-0.3, -0.25) is 4.79 Å². The van der Waals surface area contributed by atoms with Crippen LogP contribution in [0.5, 0.6) is 0 Å². The fourth-order valence-electron chi connectivity index (χ4n) is 0.980. The maximum absolute atomic E-state index is 12.5. The summed E-state index contributed by atoms with van der Waals surface area (Å²) in [7, 11) is 0. The largest absolute Gasteiger partial charge is 0.293 e. The molecule has 0 N–H and O–H groups in total. The number of Topliss-reactive ketones (excluding diaryl/α,β-unsaturated/α-hetero) is 1. The van der Waals surface area contributed by atoms with E-state index in [4.69, 9.17) is 11.6 Å². The molecule has 1 aromatic carbocycles. The molecule has 0 fully saturated rings. The number of ketones is 1. The van der Waals surface area contributed by atoms with Crippen molar-refractivity contribution in [2.75, 3.05) is 0 Å². The summed E-state index contributed by atoms with van der Waals surface area (Å²) in [5, 5.41) is -0.509. The first-order valence-corrected chi connectivity index (χ1v) is 4.52. The molecule has 0 saturated carbocycles. The molecule has 0 radical (unpaired) electrons. The Balaban J connectivity index is 2.83. The zero-order valence-corrected chi connectivity index (χ0v) is 8.01. The lowest BCUT2D eigenvalue weighted by Crippen LogP contribution is -2.13. The topological polar surface area (TPSA) is 17.1 Å². The molecule has 0 bridgehead atoms. The van der Waals surface area contributed by atoms with Gasteiger partial charge in [-0.25, -0.2) is 4.39 Å². The molecule has 1 aromatic rings. The van der Waals surface area contributed by atoms with E-state index in [-0.39, 0.29) is 11.6 Å². The smallest absolute Gasteiger partial charge is 0.180 e. The third kappa shape index (κ3) is 2.52. The Labute approximate surface area is 81.5 Å². The number of carbonyl (C=O) groups is 1. The summed E-state index contributed by atoms with van der Waals surface area (Å²) in [6, 6.07) is 5.41. The van der Waals surface area contributed by atoms with Crippen LogP contribution in [0.15, 0.2) is 24.3 Å². The van der Waals surface area contributed by atoms with E-state index in [0.29, 0.717) is 12.0 Å². The second-order valence-electron chi connectivity index (χ2n) is 2.75. The lowest BCUT2D eigenvalue weighted by molar-refractivity contribution is 0.0985. The van der Waals surface area contributed by atoms with E-state index in [1.54, 1.807) is 0 Å². The van der Waals surface area contributed by atoms with E-state index in [2.05, 4.69) is 0 Å². The molecule has 1 nitrogen and oxygen atoms in total. The van der Waals surface area contributed by atoms with Gasteiger partial charge in [-0.05, 0) is 30.7 Å². The van der Waals surface area contributed by atoms with Gasteiger partial charge in [0.1, 0.15) is 5.82 Å². The fourth-order valence-corrected chi connectivity index (χ4v) is 1.11. The first kappa shape index (κ1) is 10.2. The van der Waals surface area contributed by atoms with Crippen LogP contribution in [0.25, 0.3) is 0 Å². The minimum atomic E-state index is -0.509. The molecule has 1 atom stereocenters. The first-order chi connectivity index (χ1) is 6.15. The van der Waals surface area contributed by atoms with Crippen LogP contribution in [-0.4, -0.2) is 11.2 Å². The van der Waals surface area contributed by atoms with E-state index in [0.717, 1.165) is 0 Å². The number of halogens is 2. The summed E-state index contributed by atoms with van der Waals surface area (Å²) in [6.45, 7) is 1.83. The lowest BCUT2D eigenvalue weighted by Gasteiger charge is -2.04. The van der Waals surface area contributed by atoms with Gasteiger partial charge in [0.15, 0.2) is 5.78 Å². The maximum atomic E-state index is 12.5. The van der Waals surface area contributed by atoms with Crippen LogP contribution in [0.2, 0.25) is 0 Å². The quantitative estimate of drug-likeness (QED) is 0.542. The lowest BCUT2D eigenvalue weighted by atomic mass is 10.1. The minimum Gasteiger partial charge on any atom is -0.293 e. The highest BCUT2D eigenvalue weighted by Crippen LogP contribution is 2.11. The zero-order chi connectivity index (χ0) is 9.84. The molecule has 0 spiro atoms. The predicted octanol–water partition coefficient (Wildman–Crippen LogP) is 3.03. The summed E-state index contributed by atoms with van der Waals surface area (Å²) >= 11 is 5.75. The van der Waals surface area contributed by atoms with Crippen LogP contribution in [0.4, 0.5) is 4.39 Å². The van der Waals surface area contributed by atoms with Crippen molar-refractivity contribution in [1.29, 1.82) is 0 Å². The van der Waals surface area contributed by atoms with E-state index >= 15 is 0 Å².